The van der Waals surface area contributed by atoms with Crippen molar-refractivity contribution in [3.8, 4) is 0 Å². The summed E-state index contributed by atoms with van der Waals surface area (Å²) in [4.78, 5) is 13.3. The minimum absolute atomic E-state index is 0.0686. The number of carbonyl (C=O) groups excluding carboxylic acids is 1. The number of amides is 1. The molecule has 1 aliphatic rings. The van der Waals surface area contributed by atoms with Gasteiger partial charge in [0.25, 0.3) is 5.91 Å². The second-order valence-corrected chi connectivity index (χ2v) is 4.96. The highest BCUT2D eigenvalue weighted by Crippen LogP contribution is 2.16. The lowest BCUT2D eigenvalue weighted by molar-refractivity contribution is 0.0827. The minimum Gasteiger partial charge on any atom is -0.345 e. The van der Waals surface area contributed by atoms with Crippen molar-refractivity contribution in [3.05, 3.63) is 35.4 Å². The molecule has 0 radical (unpaired) electrons. The molecular formula is C14H20N2O. The molecule has 1 aromatic carbocycles. The average molecular weight is 232 g/mol. The van der Waals surface area contributed by atoms with E-state index in [1.165, 1.54) is 12.0 Å². The summed E-state index contributed by atoms with van der Waals surface area (Å²) in [5.41, 5.74) is 2.09. The van der Waals surface area contributed by atoms with E-state index >= 15 is 0 Å². The van der Waals surface area contributed by atoms with Crippen LogP contribution in [0.15, 0.2) is 24.3 Å². The van der Waals surface area contributed by atoms with Gasteiger partial charge in [-0.15, -0.1) is 0 Å². The Kier molecular flexibility index (Phi) is 3.79. The fraction of sp³-hybridized carbons (Fsp3) is 0.500. The monoisotopic (exact) mass is 232 g/mol. The molecule has 1 saturated heterocycles. The summed E-state index contributed by atoms with van der Waals surface area (Å²) >= 11 is 0. The Morgan fingerprint density at radius 3 is 2.59 bits per heavy atom. The van der Waals surface area contributed by atoms with Crippen LogP contribution in [0.4, 0.5) is 0 Å². The summed E-state index contributed by atoms with van der Waals surface area (Å²) in [6.07, 6.45) is 2.38. The van der Waals surface area contributed by atoms with Gasteiger partial charge < -0.3 is 10.2 Å². The van der Waals surface area contributed by atoms with Crippen molar-refractivity contribution in [1.82, 2.24) is 10.2 Å². The predicted molar refractivity (Wildman–Crippen MR) is 69.1 cm³/mol. The Morgan fingerprint density at radius 1 is 1.35 bits per heavy atom. The van der Waals surface area contributed by atoms with Crippen LogP contribution in [-0.4, -0.2) is 38.0 Å². The maximum Gasteiger partial charge on any atom is 0.253 e. The maximum absolute atomic E-state index is 11.7. The van der Waals surface area contributed by atoms with E-state index in [0.29, 0.717) is 0 Å². The zero-order valence-corrected chi connectivity index (χ0v) is 10.6. The van der Waals surface area contributed by atoms with Gasteiger partial charge in [-0.05, 0) is 49.5 Å². The van der Waals surface area contributed by atoms with E-state index in [0.717, 1.165) is 31.0 Å². The topological polar surface area (TPSA) is 32.3 Å². The molecule has 1 aromatic rings. The normalized spacial score (nSPS) is 19.3. The van der Waals surface area contributed by atoms with Crippen molar-refractivity contribution in [2.45, 2.75) is 12.8 Å². The lowest BCUT2D eigenvalue weighted by Gasteiger charge is -2.11. The highest BCUT2D eigenvalue weighted by atomic mass is 16.2. The summed E-state index contributed by atoms with van der Waals surface area (Å²) in [5.74, 6) is 0.824. The molecule has 17 heavy (non-hydrogen) atoms. The van der Waals surface area contributed by atoms with Crippen molar-refractivity contribution in [2.24, 2.45) is 5.92 Å². The second-order valence-electron chi connectivity index (χ2n) is 4.96. The minimum atomic E-state index is 0.0686. The average Bonchev–Trinajstić information content (AvgIpc) is 2.82. The molecule has 3 heteroatoms. The zero-order chi connectivity index (χ0) is 12.3. The number of nitrogens with zero attached hydrogens (tertiary/aromatic N) is 1. The largest absolute Gasteiger partial charge is 0.345 e. The zero-order valence-electron chi connectivity index (χ0n) is 10.6. The second kappa shape index (κ2) is 5.32. The van der Waals surface area contributed by atoms with Crippen molar-refractivity contribution in [1.29, 1.82) is 0 Å². The van der Waals surface area contributed by atoms with E-state index in [1.54, 1.807) is 19.0 Å². The Hall–Kier alpha value is -1.35. The van der Waals surface area contributed by atoms with Crippen LogP contribution in [0.1, 0.15) is 22.3 Å². The third-order valence-electron chi connectivity index (χ3n) is 3.29. The Morgan fingerprint density at radius 2 is 2.06 bits per heavy atom. The molecule has 0 saturated carbocycles. The maximum atomic E-state index is 11.7. The first-order chi connectivity index (χ1) is 8.16. The molecule has 0 bridgehead atoms. The van der Waals surface area contributed by atoms with Crippen molar-refractivity contribution in [2.75, 3.05) is 27.2 Å². The smallest absolute Gasteiger partial charge is 0.253 e. The van der Waals surface area contributed by atoms with E-state index in [-0.39, 0.29) is 5.91 Å². The van der Waals surface area contributed by atoms with Crippen molar-refractivity contribution >= 4 is 5.91 Å². The van der Waals surface area contributed by atoms with Gasteiger partial charge in [0, 0.05) is 19.7 Å². The Labute approximate surface area is 103 Å². The lowest BCUT2D eigenvalue weighted by Crippen LogP contribution is -2.21. The molecule has 1 atom stereocenters. The molecule has 3 nitrogen and oxygen atoms in total. The number of benzene rings is 1. The Bertz CT molecular complexity index is 378. The number of rotatable bonds is 3. The molecular weight excluding hydrogens is 212 g/mol. The van der Waals surface area contributed by atoms with Crippen LogP contribution in [0, 0.1) is 5.92 Å². The van der Waals surface area contributed by atoms with Gasteiger partial charge in [-0.2, -0.15) is 0 Å². The van der Waals surface area contributed by atoms with Gasteiger partial charge in [0.1, 0.15) is 0 Å². The van der Waals surface area contributed by atoms with E-state index in [2.05, 4.69) is 17.4 Å². The van der Waals surface area contributed by atoms with Crippen LogP contribution in [0.3, 0.4) is 0 Å². The van der Waals surface area contributed by atoms with Crippen molar-refractivity contribution < 1.29 is 4.79 Å². The summed E-state index contributed by atoms with van der Waals surface area (Å²) in [7, 11) is 3.56. The van der Waals surface area contributed by atoms with Crippen LogP contribution < -0.4 is 5.32 Å². The Balaban J connectivity index is 1.99. The standard InChI is InChI=1S/C14H20N2O/c1-16(2)14(17)13-5-3-11(4-6-13)9-12-7-8-15-10-12/h3-6,12,15H,7-10H2,1-2H3. The lowest BCUT2D eigenvalue weighted by atomic mass is 9.98. The number of hydrogen-bond donors (Lipinski definition) is 1. The number of nitrogens with one attached hydrogen (secondary N) is 1. The van der Waals surface area contributed by atoms with Gasteiger partial charge in [-0.25, -0.2) is 0 Å². The first-order valence-corrected chi connectivity index (χ1v) is 6.18. The van der Waals surface area contributed by atoms with E-state index in [9.17, 15) is 4.79 Å². The molecule has 1 heterocycles. The molecule has 92 valence electrons. The van der Waals surface area contributed by atoms with E-state index < -0.39 is 0 Å². The molecule has 0 spiro atoms. The number of hydrogen-bond acceptors (Lipinski definition) is 2. The summed E-state index contributed by atoms with van der Waals surface area (Å²) < 4.78 is 0. The molecule has 1 unspecified atom stereocenters. The third kappa shape index (κ3) is 3.07. The molecule has 0 aromatic heterocycles. The third-order valence-corrected chi connectivity index (χ3v) is 3.29. The van der Waals surface area contributed by atoms with Crippen LogP contribution >= 0.6 is 0 Å². The first-order valence-electron chi connectivity index (χ1n) is 6.18. The summed E-state index contributed by atoms with van der Waals surface area (Å²) in [6.45, 7) is 2.26. The SMILES string of the molecule is CN(C)C(=O)c1ccc(CC2CCNC2)cc1. The highest BCUT2D eigenvalue weighted by Gasteiger charge is 2.15. The predicted octanol–water partition coefficient (Wildman–Crippen LogP) is 1.54. The fourth-order valence-corrected chi connectivity index (χ4v) is 2.26. The van der Waals surface area contributed by atoms with Gasteiger partial charge in [0.15, 0.2) is 0 Å². The van der Waals surface area contributed by atoms with Crippen LogP contribution in [0.5, 0.6) is 0 Å². The summed E-state index contributed by atoms with van der Waals surface area (Å²) in [6, 6.07) is 8.02. The van der Waals surface area contributed by atoms with Crippen LogP contribution in [0.2, 0.25) is 0 Å². The molecule has 1 amide bonds. The van der Waals surface area contributed by atoms with Gasteiger partial charge in [0.05, 0.1) is 0 Å². The van der Waals surface area contributed by atoms with Gasteiger partial charge in [-0.1, -0.05) is 12.1 Å². The fourth-order valence-electron chi connectivity index (χ4n) is 2.26. The highest BCUT2D eigenvalue weighted by molar-refractivity contribution is 5.93. The van der Waals surface area contributed by atoms with Crippen molar-refractivity contribution in [3.63, 3.8) is 0 Å². The first kappa shape index (κ1) is 12.1. The summed E-state index contributed by atoms with van der Waals surface area (Å²) in [5, 5.41) is 3.38. The van der Waals surface area contributed by atoms with E-state index in [4.69, 9.17) is 0 Å². The quantitative estimate of drug-likeness (QED) is 0.857. The van der Waals surface area contributed by atoms with Gasteiger partial charge >= 0.3 is 0 Å². The molecule has 2 rings (SSSR count). The number of carbonyl (C=O) groups is 1. The molecule has 1 aliphatic heterocycles. The molecule has 1 N–H and O–H groups in total. The van der Waals surface area contributed by atoms with Crippen LogP contribution in [0.25, 0.3) is 0 Å². The van der Waals surface area contributed by atoms with Crippen LogP contribution in [-0.2, 0) is 6.42 Å². The van der Waals surface area contributed by atoms with E-state index in [1.807, 2.05) is 12.1 Å². The van der Waals surface area contributed by atoms with Gasteiger partial charge in [-0.3, -0.25) is 4.79 Å². The van der Waals surface area contributed by atoms with Gasteiger partial charge in [0.2, 0.25) is 0 Å². The molecule has 1 fully saturated rings. The molecule has 0 aliphatic carbocycles.